The highest BCUT2D eigenvalue weighted by atomic mass is 16.6. The Balaban J connectivity index is 3.96. The smallest absolute Gasteiger partial charge is 0.333 e. The summed E-state index contributed by atoms with van der Waals surface area (Å²) in [7, 11) is 0. The van der Waals surface area contributed by atoms with Crippen LogP contribution >= 0.6 is 0 Å². The molecule has 0 amide bonds. The number of esters is 2. The van der Waals surface area contributed by atoms with Gasteiger partial charge in [0, 0.05) is 0 Å². The van der Waals surface area contributed by atoms with Crippen LogP contribution in [0.4, 0.5) is 0 Å². The normalized spacial score (nSPS) is 10.8. The van der Waals surface area contributed by atoms with Gasteiger partial charge in [0.25, 0.3) is 0 Å². The summed E-state index contributed by atoms with van der Waals surface area (Å²) in [6.45, 7) is 2.78. The maximum Gasteiger partial charge on any atom is 0.333 e. The molecule has 0 radical (unpaired) electrons. The number of carbonyl (C=O) groups is 3. The van der Waals surface area contributed by atoms with E-state index in [4.69, 9.17) is 10.8 Å². The van der Waals surface area contributed by atoms with E-state index in [0.29, 0.717) is 0 Å². The quantitative estimate of drug-likeness (QED) is 0.478. The molecule has 0 aromatic carbocycles. The maximum atomic E-state index is 11.0. The number of nitrogens with two attached hydrogens (primary N) is 1. The van der Waals surface area contributed by atoms with Gasteiger partial charge in [-0.1, -0.05) is 0 Å². The van der Waals surface area contributed by atoms with Crippen LogP contribution in [0.3, 0.4) is 0 Å². The van der Waals surface area contributed by atoms with Crippen LogP contribution in [0.15, 0.2) is 0 Å². The van der Waals surface area contributed by atoms with Crippen LogP contribution in [0.2, 0.25) is 0 Å². The molecule has 0 bridgehead atoms. The van der Waals surface area contributed by atoms with Crippen molar-refractivity contribution in [3.63, 3.8) is 0 Å². The molecule has 0 aliphatic heterocycles. The molecule has 0 heterocycles. The molecule has 80 valence electrons. The van der Waals surface area contributed by atoms with Gasteiger partial charge in [-0.3, -0.25) is 9.59 Å². The summed E-state index contributed by atoms with van der Waals surface area (Å²) in [5.74, 6) is -2.87. The first-order chi connectivity index (χ1) is 6.23. The van der Waals surface area contributed by atoms with E-state index in [1.54, 1.807) is 0 Å². The van der Waals surface area contributed by atoms with E-state index in [-0.39, 0.29) is 12.8 Å². The topological polar surface area (TPSA) is 107 Å². The van der Waals surface area contributed by atoms with Crippen molar-refractivity contribution >= 4 is 17.9 Å². The van der Waals surface area contributed by atoms with Crippen LogP contribution in [-0.2, 0) is 19.1 Å². The van der Waals surface area contributed by atoms with Gasteiger partial charge in [0.2, 0.25) is 0 Å². The summed E-state index contributed by atoms with van der Waals surface area (Å²) < 4.78 is 4.30. The maximum absolute atomic E-state index is 11.0. The van der Waals surface area contributed by atoms with Gasteiger partial charge in [-0.25, -0.2) is 4.79 Å². The zero-order valence-electron chi connectivity index (χ0n) is 8.07. The van der Waals surface area contributed by atoms with E-state index in [1.807, 2.05) is 0 Å². The van der Waals surface area contributed by atoms with Crippen LogP contribution in [-0.4, -0.2) is 28.6 Å². The van der Waals surface area contributed by atoms with Crippen LogP contribution < -0.4 is 5.73 Å². The minimum absolute atomic E-state index is 0.336. The van der Waals surface area contributed by atoms with Crippen molar-refractivity contribution in [3.05, 3.63) is 0 Å². The van der Waals surface area contributed by atoms with E-state index in [0.717, 1.165) is 0 Å². The van der Waals surface area contributed by atoms with Crippen molar-refractivity contribution < 1.29 is 24.2 Å². The van der Waals surface area contributed by atoms with Crippen LogP contribution in [0.1, 0.15) is 26.7 Å². The van der Waals surface area contributed by atoms with E-state index < -0.39 is 23.4 Å². The second-order valence-electron chi connectivity index (χ2n) is 3.38. The molecular formula is C8H13NO5. The van der Waals surface area contributed by atoms with Gasteiger partial charge in [-0.2, -0.15) is 0 Å². The summed E-state index contributed by atoms with van der Waals surface area (Å²) in [6.07, 6.45) is -0.700. The van der Waals surface area contributed by atoms with Crippen molar-refractivity contribution in [2.45, 2.75) is 32.2 Å². The van der Waals surface area contributed by atoms with Crippen molar-refractivity contribution in [2.24, 2.45) is 5.73 Å². The highest BCUT2D eigenvalue weighted by Gasteiger charge is 2.26. The molecule has 0 fully saturated rings. The molecule has 0 rings (SSSR count). The molecule has 0 spiro atoms. The summed E-state index contributed by atoms with van der Waals surface area (Å²) >= 11 is 0. The Bertz CT molecular complexity index is 253. The molecule has 3 N–H and O–H groups in total. The lowest BCUT2D eigenvalue weighted by Crippen LogP contribution is -2.43. The SMILES string of the molecule is CC(C)(N)C(=O)OC(=O)CCC(=O)O. The minimum atomic E-state index is -1.25. The first-order valence-electron chi connectivity index (χ1n) is 3.99. The molecule has 6 heteroatoms. The molecule has 0 aromatic heterocycles. The first kappa shape index (κ1) is 12.6. The number of hydrogen-bond acceptors (Lipinski definition) is 5. The van der Waals surface area contributed by atoms with Crippen molar-refractivity contribution in [3.8, 4) is 0 Å². The monoisotopic (exact) mass is 203 g/mol. The van der Waals surface area contributed by atoms with Crippen LogP contribution in [0.25, 0.3) is 0 Å². The molecule has 0 atom stereocenters. The predicted octanol–water partition coefficient (Wildman–Crippen LogP) is -0.342. The third-order valence-electron chi connectivity index (χ3n) is 1.28. The highest BCUT2D eigenvalue weighted by Crippen LogP contribution is 2.02. The van der Waals surface area contributed by atoms with Crippen molar-refractivity contribution in [1.82, 2.24) is 0 Å². The lowest BCUT2D eigenvalue weighted by molar-refractivity contribution is -0.164. The van der Waals surface area contributed by atoms with Gasteiger partial charge in [0.1, 0.15) is 5.54 Å². The second kappa shape index (κ2) is 4.71. The van der Waals surface area contributed by atoms with E-state index >= 15 is 0 Å². The van der Waals surface area contributed by atoms with Crippen molar-refractivity contribution in [2.75, 3.05) is 0 Å². The average Bonchev–Trinajstić information content (AvgIpc) is 1.99. The average molecular weight is 203 g/mol. The summed E-state index contributed by atoms with van der Waals surface area (Å²) in [5, 5.41) is 8.24. The zero-order valence-corrected chi connectivity index (χ0v) is 8.07. The second-order valence-corrected chi connectivity index (χ2v) is 3.38. The largest absolute Gasteiger partial charge is 0.481 e. The van der Waals surface area contributed by atoms with Crippen LogP contribution in [0.5, 0.6) is 0 Å². The number of carbonyl (C=O) groups excluding carboxylic acids is 2. The number of ether oxygens (including phenoxy) is 1. The van der Waals surface area contributed by atoms with Gasteiger partial charge in [0.05, 0.1) is 12.8 Å². The summed E-state index contributed by atoms with van der Waals surface area (Å²) in [5.41, 5.74) is 4.09. The molecule has 0 aliphatic rings. The fourth-order valence-corrected chi connectivity index (χ4v) is 0.495. The van der Waals surface area contributed by atoms with Gasteiger partial charge in [-0.15, -0.1) is 0 Å². The summed E-state index contributed by atoms with van der Waals surface area (Å²) in [4.78, 5) is 31.9. The Morgan fingerprint density at radius 3 is 2.14 bits per heavy atom. The fourth-order valence-electron chi connectivity index (χ4n) is 0.495. The number of rotatable bonds is 4. The lowest BCUT2D eigenvalue weighted by atomic mass is 10.1. The van der Waals surface area contributed by atoms with Crippen LogP contribution in [0, 0.1) is 0 Å². The van der Waals surface area contributed by atoms with E-state index in [9.17, 15) is 14.4 Å². The van der Waals surface area contributed by atoms with Gasteiger partial charge >= 0.3 is 17.9 Å². The Hall–Kier alpha value is -1.43. The third kappa shape index (κ3) is 5.26. The predicted molar refractivity (Wildman–Crippen MR) is 46.2 cm³/mol. The molecule has 0 aromatic rings. The van der Waals surface area contributed by atoms with Crippen molar-refractivity contribution in [1.29, 1.82) is 0 Å². The van der Waals surface area contributed by atoms with Gasteiger partial charge in [-0.05, 0) is 13.8 Å². The molecule has 14 heavy (non-hydrogen) atoms. The molecule has 0 saturated carbocycles. The number of carboxylic acid groups (broad SMARTS) is 1. The molecule has 0 saturated heterocycles. The standard InChI is InChI=1S/C8H13NO5/c1-8(2,9)7(13)14-6(12)4-3-5(10)11/h3-4,9H2,1-2H3,(H,10,11). The Labute approximate surface area is 81.0 Å². The Morgan fingerprint density at radius 2 is 1.79 bits per heavy atom. The number of carboxylic acids is 1. The zero-order chi connectivity index (χ0) is 11.4. The Morgan fingerprint density at radius 1 is 1.29 bits per heavy atom. The summed E-state index contributed by atoms with van der Waals surface area (Å²) in [6, 6.07) is 0. The fraction of sp³-hybridized carbons (Fsp3) is 0.625. The minimum Gasteiger partial charge on any atom is -0.481 e. The molecule has 0 aliphatic carbocycles. The molecule has 6 nitrogen and oxygen atoms in total. The number of aliphatic carboxylic acids is 1. The molecular weight excluding hydrogens is 190 g/mol. The molecule has 0 unspecified atom stereocenters. The lowest BCUT2D eigenvalue weighted by Gasteiger charge is -2.14. The Kier molecular flexibility index (Phi) is 4.23. The highest BCUT2D eigenvalue weighted by molar-refractivity contribution is 5.91. The van der Waals surface area contributed by atoms with E-state index in [1.165, 1.54) is 13.8 Å². The first-order valence-corrected chi connectivity index (χ1v) is 3.99. The van der Waals surface area contributed by atoms with E-state index in [2.05, 4.69) is 4.74 Å². The van der Waals surface area contributed by atoms with Gasteiger partial charge in [0.15, 0.2) is 0 Å². The third-order valence-corrected chi connectivity index (χ3v) is 1.28. The number of hydrogen-bond donors (Lipinski definition) is 2. The van der Waals surface area contributed by atoms with Gasteiger partial charge < -0.3 is 15.6 Å².